The first-order valence-corrected chi connectivity index (χ1v) is 8.05. The average Bonchev–Trinajstić information content (AvgIpc) is 2.48. The first-order chi connectivity index (χ1) is 10.5. The van der Waals surface area contributed by atoms with Crippen molar-refractivity contribution in [3.8, 4) is 0 Å². The van der Waals surface area contributed by atoms with E-state index < -0.39 is 0 Å². The molecular formula is C18H26N2O2. The number of piperidine rings is 1. The van der Waals surface area contributed by atoms with Crippen LogP contribution in [0.1, 0.15) is 37.8 Å². The van der Waals surface area contributed by atoms with Gasteiger partial charge < -0.3 is 9.80 Å². The molecule has 0 spiro atoms. The second-order valence-electron chi connectivity index (χ2n) is 6.39. The predicted octanol–water partition coefficient (Wildman–Crippen LogP) is 2.60. The third-order valence-corrected chi connectivity index (χ3v) is 4.40. The summed E-state index contributed by atoms with van der Waals surface area (Å²) < 4.78 is 0. The zero-order valence-corrected chi connectivity index (χ0v) is 13.8. The van der Waals surface area contributed by atoms with Crippen LogP contribution < -0.4 is 0 Å². The standard InChI is InChI=1S/C18H26N2O2/c1-14-7-6-10-19(11-14)18(22)13-20(16(3)21)12-17-9-5-4-8-15(17)2/h4-5,8-9,14H,6-7,10-13H2,1-3H3. The molecule has 1 fully saturated rings. The summed E-state index contributed by atoms with van der Waals surface area (Å²) in [5, 5.41) is 0. The van der Waals surface area contributed by atoms with E-state index in [4.69, 9.17) is 0 Å². The van der Waals surface area contributed by atoms with Crippen LogP contribution in [0.5, 0.6) is 0 Å². The molecule has 0 aromatic heterocycles. The van der Waals surface area contributed by atoms with Crippen molar-refractivity contribution in [2.75, 3.05) is 19.6 Å². The molecule has 0 saturated carbocycles. The number of amides is 2. The van der Waals surface area contributed by atoms with E-state index in [-0.39, 0.29) is 18.4 Å². The molecule has 2 amide bonds. The summed E-state index contributed by atoms with van der Waals surface area (Å²) in [4.78, 5) is 27.9. The Kier molecular flexibility index (Phi) is 5.58. The van der Waals surface area contributed by atoms with Crippen molar-refractivity contribution in [3.63, 3.8) is 0 Å². The molecule has 1 aliphatic heterocycles. The molecule has 1 saturated heterocycles. The van der Waals surface area contributed by atoms with E-state index in [1.807, 2.05) is 36.1 Å². The van der Waals surface area contributed by atoms with E-state index in [9.17, 15) is 9.59 Å². The second kappa shape index (κ2) is 7.43. The number of likely N-dealkylation sites (tertiary alicyclic amines) is 1. The molecule has 1 aliphatic rings. The zero-order valence-electron chi connectivity index (χ0n) is 13.8. The molecule has 0 radical (unpaired) electrons. The number of rotatable bonds is 4. The van der Waals surface area contributed by atoms with Gasteiger partial charge in [0.15, 0.2) is 0 Å². The van der Waals surface area contributed by atoms with E-state index in [0.717, 1.165) is 30.6 Å². The van der Waals surface area contributed by atoms with Crippen molar-refractivity contribution < 1.29 is 9.59 Å². The van der Waals surface area contributed by atoms with Gasteiger partial charge in [-0.1, -0.05) is 31.2 Å². The maximum absolute atomic E-state index is 12.5. The van der Waals surface area contributed by atoms with Gasteiger partial charge in [0.2, 0.25) is 11.8 Å². The Morgan fingerprint density at radius 3 is 2.68 bits per heavy atom. The van der Waals surface area contributed by atoms with Crippen LogP contribution in [0.4, 0.5) is 0 Å². The predicted molar refractivity (Wildman–Crippen MR) is 87.2 cm³/mol. The minimum Gasteiger partial charge on any atom is -0.341 e. The number of benzene rings is 1. The molecule has 0 aliphatic carbocycles. The Morgan fingerprint density at radius 2 is 2.05 bits per heavy atom. The third kappa shape index (κ3) is 4.33. The van der Waals surface area contributed by atoms with Crippen LogP contribution >= 0.6 is 0 Å². The van der Waals surface area contributed by atoms with E-state index in [1.165, 1.54) is 13.3 Å². The fraction of sp³-hybridized carbons (Fsp3) is 0.556. The van der Waals surface area contributed by atoms with Crippen LogP contribution in [0, 0.1) is 12.8 Å². The van der Waals surface area contributed by atoms with Gasteiger partial charge in [0.1, 0.15) is 6.54 Å². The van der Waals surface area contributed by atoms with Gasteiger partial charge >= 0.3 is 0 Å². The molecule has 1 heterocycles. The van der Waals surface area contributed by atoms with Gasteiger partial charge in [-0.3, -0.25) is 9.59 Å². The van der Waals surface area contributed by atoms with Crippen molar-refractivity contribution in [3.05, 3.63) is 35.4 Å². The first-order valence-electron chi connectivity index (χ1n) is 8.05. The summed E-state index contributed by atoms with van der Waals surface area (Å²) in [6.07, 6.45) is 2.24. The van der Waals surface area contributed by atoms with Gasteiger partial charge in [-0.25, -0.2) is 0 Å². The number of aryl methyl sites for hydroxylation is 1. The highest BCUT2D eigenvalue weighted by Gasteiger charge is 2.23. The molecule has 1 atom stereocenters. The van der Waals surface area contributed by atoms with Gasteiger partial charge in [0, 0.05) is 26.6 Å². The van der Waals surface area contributed by atoms with Gasteiger partial charge in [-0.2, -0.15) is 0 Å². The molecular weight excluding hydrogens is 276 g/mol. The minimum atomic E-state index is -0.0540. The SMILES string of the molecule is CC(=O)N(CC(=O)N1CCCC(C)C1)Cc1ccccc1C. The number of carbonyl (C=O) groups is 2. The summed E-state index contributed by atoms with van der Waals surface area (Å²) in [6.45, 7) is 8.05. The van der Waals surface area contributed by atoms with Crippen LogP contribution in [0.15, 0.2) is 24.3 Å². The van der Waals surface area contributed by atoms with Crippen LogP contribution in [0.3, 0.4) is 0 Å². The summed E-state index contributed by atoms with van der Waals surface area (Å²) in [6, 6.07) is 7.99. The van der Waals surface area contributed by atoms with Crippen molar-refractivity contribution in [1.29, 1.82) is 0 Å². The molecule has 4 heteroatoms. The topological polar surface area (TPSA) is 40.6 Å². The Morgan fingerprint density at radius 1 is 1.32 bits per heavy atom. The normalized spacial score (nSPS) is 18.1. The van der Waals surface area contributed by atoms with Gasteiger partial charge in [0.05, 0.1) is 0 Å². The highest BCUT2D eigenvalue weighted by Crippen LogP contribution is 2.16. The minimum absolute atomic E-state index is 0.0540. The number of nitrogens with zero attached hydrogens (tertiary/aromatic N) is 2. The van der Waals surface area contributed by atoms with Crippen molar-refractivity contribution in [1.82, 2.24) is 9.80 Å². The third-order valence-electron chi connectivity index (χ3n) is 4.40. The molecule has 1 aromatic carbocycles. The van der Waals surface area contributed by atoms with Crippen LogP contribution in [0.25, 0.3) is 0 Å². The van der Waals surface area contributed by atoms with Crippen LogP contribution in [-0.2, 0) is 16.1 Å². The van der Waals surface area contributed by atoms with Crippen LogP contribution in [-0.4, -0.2) is 41.2 Å². The quantitative estimate of drug-likeness (QED) is 0.858. The Bertz CT molecular complexity index is 542. The highest BCUT2D eigenvalue weighted by molar-refractivity contribution is 5.84. The maximum Gasteiger partial charge on any atom is 0.242 e. The molecule has 0 bridgehead atoms. The lowest BCUT2D eigenvalue weighted by Crippen LogP contribution is -2.45. The van der Waals surface area contributed by atoms with Crippen molar-refractivity contribution >= 4 is 11.8 Å². The van der Waals surface area contributed by atoms with E-state index >= 15 is 0 Å². The molecule has 120 valence electrons. The lowest BCUT2D eigenvalue weighted by atomic mass is 10.0. The van der Waals surface area contributed by atoms with E-state index in [0.29, 0.717) is 12.5 Å². The number of hydrogen-bond acceptors (Lipinski definition) is 2. The Labute approximate surface area is 133 Å². The van der Waals surface area contributed by atoms with Crippen molar-refractivity contribution in [2.24, 2.45) is 5.92 Å². The Hall–Kier alpha value is -1.84. The summed E-state index contributed by atoms with van der Waals surface area (Å²) >= 11 is 0. The number of hydrogen-bond donors (Lipinski definition) is 0. The molecule has 1 aromatic rings. The smallest absolute Gasteiger partial charge is 0.242 e. The van der Waals surface area contributed by atoms with Gasteiger partial charge in [0.25, 0.3) is 0 Å². The highest BCUT2D eigenvalue weighted by atomic mass is 16.2. The summed E-state index contributed by atoms with van der Waals surface area (Å²) in [5.41, 5.74) is 2.24. The monoisotopic (exact) mass is 302 g/mol. The molecule has 2 rings (SSSR count). The lowest BCUT2D eigenvalue weighted by molar-refractivity contribution is -0.140. The molecule has 4 nitrogen and oxygen atoms in total. The molecule has 0 N–H and O–H groups in total. The fourth-order valence-electron chi connectivity index (χ4n) is 2.95. The fourth-order valence-corrected chi connectivity index (χ4v) is 2.95. The summed E-state index contributed by atoms with van der Waals surface area (Å²) in [7, 11) is 0. The average molecular weight is 302 g/mol. The second-order valence-corrected chi connectivity index (χ2v) is 6.39. The maximum atomic E-state index is 12.5. The first kappa shape index (κ1) is 16.5. The van der Waals surface area contributed by atoms with Gasteiger partial charge in [-0.15, -0.1) is 0 Å². The summed E-state index contributed by atoms with van der Waals surface area (Å²) in [5.74, 6) is 0.567. The zero-order chi connectivity index (χ0) is 16.1. The number of carbonyl (C=O) groups excluding carboxylic acids is 2. The lowest BCUT2D eigenvalue weighted by Gasteiger charge is -2.33. The largest absolute Gasteiger partial charge is 0.341 e. The molecule has 1 unspecified atom stereocenters. The van der Waals surface area contributed by atoms with E-state index in [2.05, 4.69) is 6.92 Å². The van der Waals surface area contributed by atoms with Crippen molar-refractivity contribution in [2.45, 2.75) is 40.2 Å². The van der Waals surface area contributed by atoms with E-state index in [1.54, 1.807) is 4.90 Å². The molecule has 22 heavy (non-hydrogen) atoms. The van der Waals surface area contributed by atoms with Gasteiger partial charge in [-0.05, 0) is 36.8 Å². The van der Waals surface area contributed by atoms with Crippen LogP contribution in [0.2, 0.25) is 0 Å². The Balaban J connectivity index is 2.01.